The van der Waals surface area contributed by atoms with Gasteiger partial charge in [-0.25, -0.2) is 5.43 Å². The van der Waals surface area contributed by atoms with E-state index in [9.17, 15) is 9.90 Å². The van der Waals surface area contributed by atoms with Gasteiger partial charge in [-0.2, -0.15) is 5.10 Å². The van der Waals surface area contributed by atoms with Crippen LogP contribution in [0.1, 0.15) is 54.9 Å². The van der Waals surface area contributed by atoms with Crippen molar-refractivity contribution in [3.63, 3.8) is 0 Å². The van der Waals surface area contributed by atoms with Gasteiger partial charge in [0.1, 0.15) is 5.75 Å². The number of nitrogens with one attached hydrogen (secondary N) is 1. The van der Waals surface area contributed by atoms with E-state index in [4.69, 9.17) is 0 Å². The molecular weight excluding hydrogens is 324 g/mol. The summed E-state index contributed by atoms with van der Waals surface area (Å²) in [6.45, 7) is 2.19. The normalized spacial score (nSPS) is 11.7. The van der Waals surface area contributed by atoms with Crippen molar-refractivity contribution in [2.24, 2.45) is 5.10 Å². The second kappa shape index (κ2) is 10.9. The predicted molar refractivity (Wildman–Crippen MR) is 107 cm³/mol. The first-order chi connectivity index (χ1) is 12.7. The van der Waals surface area contributed by atoms with Gasteiger partial charge in [-0.15, -0.1) is 0 Å². The first-order valence-electron chi connectivity index (χ1n) is 9.07. The zero-order chi connectivity index (χ0) is 18.6. The van der Waals surface area contributed by atoms with Crippen molar-refractivity contribution in [1.29, 1.82) is 0 Å². The molecule has 2 aromatic carbocycles. The van der Waals surface area contributed by atoms with E-state index in [2.05, 4.69) is 23.5 Å². The standard InChI is InChI=1S/C22H26N2O2/c1-2-3-4-6-13-19(16-18-11-7-5-8-12-18)17-23-24-22(26)20-14-9-10-15-21(20)25/h5,7-12,14-17,25H,2-4,6,13H2,1H3,(H,24,26)/b19-16+,23-17-. The van der Waals surface area contributed by atoms with Crippen LogP contribution in [-0.4, -0.2) is 17.2 Å². The third-order valence-electron chi connectivity index (χ3n) is 4.02. The molecule has 0 saturated carbocycles. The van der Waals surface area contributed by atoms with Gasteiger partial charge in [0.05, 0.1) is 11.8 Å². The van der Waals surface area contributed by atoms with Crippen LogP contribution in [0.3, 0.4) is 0 Å². The average molecular weight is 350 g/mol. The van der Waals surface area contributed by atoms with E-state index in [1.165, 1.54) is 25.3 Å². The molecule has 136 valence electrons. The third kappa shape index (κ3) is 6.55. The van der Waals surface area contributed by atoms with Crippen molar-refractivity contribution in [2.75, 3.05) is 0 Å². The van der Waals surface area contributed by atoms with Crippen molar-refractivity contribution in [2.45, 2.75) is 39.0 Å². The number of hydrazone groups is 1. The molecule has 2 rings (SSSR count). The number of phenolic OH excluding ortho intramolecular Hbond substituents is 1. The Balaban J connectivity index is 2.03. The molecule has 0 spiro atoms. The second-order valence-corrected chi connectivity index (χ2v) is 6.16. The molecule has 0 aliphatic carbocycles. The van der Waals surface area contributed by atoms with E-state index in [1.807, 2.05) is 30.3 Å². The molecule has 0 radical (unpaired) electrons. The summed E-state index contributed by atoms with van der Waals surface area (Å²) in [6.07, 6.45) is 9.37. The summed E-state index contributed by atoms with van der Waals surface area (Å²) in [6, 6.07) is 16.5. The molecule has 0 saturated heterocycles. The van der Waals surface area contributed by atoms with Crippen molar-refractivity contribution < 1.29 is 9.90 Å². The first kappa shape index (κ1) is 19.4. The lowest BCUT2D eigenvalue weighted by molar-refractivity contribution is 0.0952. The summed E-state index contributed by atoms with van der Waals surface area (Å²) < 4.78 is 0. The molecule has 0 fully saturated rings. The zero-order valence-electron chi connectivity index (χ0n) is 15.2. The summed E-state index contributed by atoms with van der Waals surface area (Å²) in [7, 11) is 0. The van der Waals surface area contributed by atoms with Crippen LogP contribution >= 0.6 is 0 Å². The molecule has 26 heavy (non-hydrogen) atoms. The van der Waals surface area contributed by atoms with Gasteiger partial charge in [-0.05, 0) is 36.1 Å². The van der Waals surface area contributed by atoms with Crippen molar-refractivity contribution in [3.05, 3.63) is 71.3 Å². The van der Waals surface area contributed by atoms with Crippen molar-refractivity contribution in [3.8, 4) is 5.75 Å². The molecule has 0 bridgehead atoms. The monoisotopic (exact) mass is 350 g/mol. The SMILES string of the molecule is CCCCCCC(/C=N\NC(=O)c1ccccc1O)=C\c1ccccc1. The fraction of sp³-hybridized carbons (Fsp3) is 0.273. The number of rotatable bonds is 9. The van der Waals surface area contributed by atoms with E-state index in [0.29, 0.717) is 0 Å². The number of para-hydroxylation sites is 1. The minimum atomic E-state index is -0.426. The Kier molecular flexibility index (Phi) is 8.13. The van der Waals surface area contributed by atoms with Crippen LogP contribution in [0, 0.1) is 0 Å². The number of nitrogens with zero attached hydrogens (tertiary/aromatic N) is 1. The molecular formula is C22H26N2O2. The molecule has 0 unspecified atom stereocenters. The molecule has 0 atom stereocenters. The topological polar surface area (TPSA) is 61.7 Å². The van der Waals surface area contributed by atoms with Crippen LogP contribution in [0.2, 0.25) is 0 Å². The summed E-state index contributed by atoms with van der Waals surface area (Å²) in [5, 5.41) is 13.8. The van der Waals surface area contributed by atoms with Crippen LogP contribution in [0.4, 0.5) is 0 Å². The summed E-state index contributed by atoms with van der Waals surface area (Å²) in [5.41, 5.74) is 4.86. The Bertz CT molecular complexity index is 752. The lowest BCUT2D eigenvalue weighted by Crippen LogP contribution is -2.17. The maximum Gasteiger partial charge on any atom is 0.275 e. The van der Waals surface area contributed by atoms with Gasteiger partial charge in [0.25, 0.3) is 5.91 Å². The van der Waals surface area contributed by atoms with Crippen LogP contribution in [0.15, 0.2) is 65.3 Å². The van der Waals surface area contributed by atoms with Gasteiger partial charge in [0, 0.05) is 0 Å². The van der Waals surface area contributed by atoms with Crippen LogP contribution in [0.5, 0.6) is 5.75 Å². The van der Waals surface area contributed by atoms with Gasteiger partial charge >= 0.3 is 0 Å². The lowest BCUT2D eigenvalue weighted by atomic mass is 10.0. The minimum absolute atomic E-state index is 0.0557. The number of amides is 1. The minimum Gasteiger partial charge on any atom is -0.507 e. The summed E-state index contributed by atoms with van der Waals surface area (Å²) in [4.78, 5) is 12.1. The molecule has 1 amide bonds. The van der Waals surface area contributed by atoms with Crippen LogP contribution < -0.4 is 5.43 Å². The molecule has 2 aromatic rings. The number of carbonyl (C=O) groups excluding carboxylic acids is 1. The van der Waals surface area contributed by atoms with Gasteiger partial charge in [-0.3, -0.25) is 4.79 Å². The Labute approximate surface area is 155 Å². The highest BCUT2D eigenvalue weighted by molar-refractivity contribution is 5.97. The highest BCUT2D eigenvalue weighted by Crippen LogP contribution is 2.15. The van der Waals surface area contributed by atoms with Gasteiger partial charge in [0.2, 0.25) is 0 Å². The maximum atomic E-state index is 12.1. The predicted octanol–water partition coefficient (Wildman–Crippen LogP) is 5.16. The molecule has 0 aromatic heterocycles. The fourth-order valence-electron chi connectivity index (χ4n) is 2.59. The number of aromatic hydroxyl groups is 1. The smallest absolute Gasteiger partial charge is 0.275 e. The van der Waals surface area contributed by atoms with E-state index in [0.717, 1.165) is 24.0 Å². The number of hydrogen-bond acceptors (Lipinski definition) is 3. The Hall–Kier alpha value is -2.88. The highest BCUT2D eigenvalue weighted by Gasteiger charge is 2.08. The number of allylic oxidation sites excluding steroid dienone is 1. The quantitative estimate of drug-likeness (QED) is 0.373. The van der Waals surface area contributed by atoms with Crippen molar-refractivity contribution >= 4 is 18.2 Å². The highest BCUT2D eigenvalue weighted by atomic mass is 16.3. The van der Waals surface area contributed by atoms with E-state index in [1.54, 1.807) is 24.4 Å². The third-order valence-corrected chi connectivity index (χ3v) is 4.02. The Morgan fingerprint density at radius 1 is 1.04 bits per heavy atom. The van der Waals surface area contributed by atoms with Gasteiger partial charge in [0.15, 0.2) is 0 Å². The number of hydrogen-bond donors (Lipinski definition) is 2. The summed E-state index contributed by atoms with van der Waals surface area (Å²) in [5.74, 6) is -0.482. The zero-order valence-corrected chi connectivity index (χ0v) is 15.2. The molecule has 4 nitrogen and oxygen atoms in total. The first-order valence-corrected chi connectivity index (χ1v) is 9.07. The number of phenols is 1. The van der Waals surface area contributed by atoms with Crippen LogP contribution in [0.25, 0.3) is 6.08 Å². The number of benzene rings is 2. The van der Waals surface area contributed by atoms with Gasteiger partial charge in [-0.1, -0.05) is 74.7 Å². The Morgan fingerprint density at radius 2 is 1.77 bits per heavy atom. The summed E-state index contributed by atoms with van der Waals surface area (Å²) >= 11 is 0. The molecule has 0 heterocycles. The van der Waals surface area contributed by atoms with Crippen LogP contribution in [-0.2, 0) is 0 Å². The fourth-order valence-corrected chi connectivity index (χ4v) is 2.59. The largest absolute Gasteiger partial charge is 0.507 e. The molecule has 0 aliphatic heterocycles. The Morgan fingerprint density at radius 3 is 2.50 bits per heavy atom. The van der Waals surface area contributed by atoms with E-state index >= 15 is 0 Å². The van der Waals surface area contributed by atoms with Crippen molar-refractivity contribution in [1.82, 2.24) is 5.43 Å². The second-order valence-electron chi connectivity index (χ2n) is 6.16. The number of unbranched alkanes of at least 4 members (excludes halogenated alkanes) is 3. The number of carbonyl (C=O) groups is 1. The average Bonchev–Trinajstić information content (AvgIpc) is 2.66. The maximum absolute atomic E-state index is 12.1. The van der Waals surface area contributed by atoms with Gasteiger partial charge < -0.3 is 5.11 Å². The van der Waals surface area contributed by atoms with E-state index in [-0.39, 0.29) is 11.3 Å². The lowest BCUT2D eigenvalue weighted by Gasteiger charge is -2.04. The molecule has 0 aliphatic rings. The van der Waals surface area contributed by atoms with E-state index < -0.39 is 5.91 Å². The molecule has 4 heteroatoms. The molecule has 2 N–H and O–H groups in total.